The minimum Gasteiger partial charge on any atom is -0.352 e. The Morgan fingerprint density at radius 3 is 2.46 bits per heavy atom. The zero-order valence-corrected chi connectivity index (χ0v) is 13.5. The molecule has 1 aromatic carbocycles. The van der Waals surface area contributed by atoms with Crippen molar-refractivity contribution in [3.05, 3.63) is 39.9 Å². The normalized spacial score (nSPS) is 18.8. The van der Waals surface area contributed by atoms with Crippen molar-refractivity contribution in [3.8, 4) is 0 Å². The van der Waals surface area contributed by atoms with Gasteiger partial charge in [-0.2, -0.15) is 0 Å². The molecular weight excluding hydrogens is 338 g/mol. The summed E-state index contributed by atoms with van der Waals surface area (Å²) in [5.41, 5.74) is 0.139. The summed E-state index contributed by atoms with van der Waals surface area (Å²) in [7, 11) is -3.05. The maximum Gasteiger partial charge on any atom is 0.269 e. The van der Waals surface area contributed by atoms with Crippen LogP contribution in [0.3, 0.4) is 0 Å². The molecule has 10 heteroatoms. The molecule has 2 amide bonds. The number of nitro benzene ring substituents is 1. The van der Waals surface area contributed by atoms with E-state index in [-0.39, 0.29) is 47.7 Å². The summed E-state index contributed by atoms with van der Waals surface area (Å²) in [6.07, 6.45) is 0.429. The first kappa shape index (κ1) is 17.9. The quantitative estimate of drug-likeness (QED) is 0.545. The highest BCUT2D eigenvalue weighted by molar-refractivity contribution is 7.91. The van der Waals surface area contributed by atoms with Gasteiger partial charge in [0, 0.05) is 36.7 Å². The molecule has 0 radical (unpaired) electrons. The number of benzene rings is 1. The van der Waals surface area contributed by atoms with Gasteiger partial charge in [0.2, 0.25) is 5.91 Å². The van der Waals surface area contributed by atoms with Crippen molar-refractivity contribution in [2.45, 2.75) is 18.9 Å². The van der Waals surface area contributed by atoms with E-state index in [2.05, 4.69) is 10.6 Å². The molecule has 0 saturated carbocycles. The Bertz CT molecular complexity index is 744. The van der Waals surface area contributed by atoms with Crippen LogP contribution in [-0.4, -0.2) is 49.2 Å². The van der Waals surface area contributed by atoms with Crippen molar-refractivity contribution in [2.75, 3.05) is 18.1 Å². The van der Waals surface area contributed by atoms with Crippen molar-refractivity contribution >= 4 is 27.3 Å². The number of rotatable bonds is 6. The number of nitro groups is 1. The predicted molar refractivity (Wildman–Crippen MR) is 85.2 cm³/mol. The van der Waals surface area contributed by atoms with E-state index < -0.39 is 20.7 Å². The molecule has 24 heavy (non-hydrogen) atoms. The number of carbonyl (C=O) groups is 2. The fourth-order valence-corrected chi connectivity index (χ4v) is 4.01. The van der Waals surface area contributed by atoms with Crippen molar-refractivity contribution in [1.82, 2.24) is 10.6 Å². The fraction of sp³-hybridized carbons (Fsp3) is 0.429. The van der Waals surface area contributed by atoms with E-state index in [1.54, 1.807) is 0 Å². The number of hydrogen-bond donors (Lipinski definition) is 2. The number of nitrogens with zero attached hydrogens (tertiary/aromatic N) is 1. The molecule has 130 valence electrons. The molecule has 0 bridgehead atoms. The van der Waals surface area contributed by atoms with Gasteiger partial charge in [-0.05, 0) is 18.6 Å². The highest BCUT2D eigenvalue weighted by Gasteiger charge is 2.28. The second kappa shape index (κ2) is 7.39. The molecule has 0 aromatic heterocycles. The van der Waals surface area contributed by atoms with Gasteiger partial charge in [0.1, 0.15) is 0 Å². The van der Waals surface area contributed by atoms with Crippen molar-refractivity contribution < 1.29 is 22.9 Å². The van der Waals surface area contributed by atoms with Gasteiger partial charge >= 0.3 is 0 Å². The average molecular weight is 355 g/mol. The number of hydrogen-bond acceptors (Lipinski definition) is 6. The third-order valence-corrected chi connectivity index (χ3v) is 5.34. The zero-order valence-electron chi connectivity index (χ0n) is 12.7. The number of nitrogens with one attached hydrogen (secondary N) is 2. The van der Waals surface area contributed by atoms with Crippen LogP contribution >= 0.6 is 0 Å². The first-order chi connectivity index (χ1) is 11.3. The van der Waals surface area contributed by atoms with Crippen LogP contribution in [0.15, 0.2) is 24.3 Å². The molecule has 1 unspecified atom stereocenters. The Kier molecular flexibility index (Phi) is 5.50. The molecule has 0 aliphatic carbocycles. The monoisotopic (exact) mass is 355 g/mol. The third kappa shape index (κ3) is 5.01. The van der Waals surface area contributed by atoms with E-state index in [1.807, 2.05) is 0 Å². The van der Waals surface area contributed by atoms with Crippen molar-refractivity contribution in [3.63, 3.8) is 0 Å². The molecule has 2 N–H and O–H groups in total. The standard InChI is InChI=1S/C14H17N3O6S/c18-13(16-11-6-8-24(22,23)9-11)5-7-15-14(19)10-1-3-12(4-2-10)17(20)21/h1-4,11H,5-9H2,(H,15,19)(H,16,18). The van der Waals surface area contributed by atoms with Crippen LogP contribution in [0.4, 0.5) is 5.69 Å². The van der Waals surface area contributed by atoms with Gasteiger partial charge in [0.25, 0.3) is 11.6 Å². The summed E-state index contributed by atoms with van der Waals surface area (Å²) in [5, 5.41) is 15.7. The average Bonchev–Trinajstić information content (AvgIpc) is 2.86. The van der Waals surface area contributed by atoms with Crippen LogP contribution in [-0.2, 0) is 14.6 Å². The highest BCUT2D eigenvalue weighted by Crippen LogP contribution is 2.12. The molecule has 1 heterocycles. The van der Waals surface area contributed by atoms with E-state index in [1.165, 1.54) is 24.3 Å². The largest absolute Gasteiger partial charge is 0.352 e. The summed E-state index contributed by atoms with van der Waals surface area (Å²) < 4.78 is 22.6. The van der Waals surface area contributed by atoms with Crippen LogP contribution in [0.2, 0.25) is 0 Å². The second-order valence-corrected chi connectivity index (χ2v) is 7.71. The Labute approximate surface area is 138 Å². The van der Waals surface area contributed by atoms with Gasteiger partial charge in [-0.25, -0.2) is 8.42 Å². The van der Waals surface area contributed by atoms with E-state index in [9.17, 15) is 28.1 Å². The van der Waals surface area contributed by atoms with E-state index in [4.69, 9.17) is 0 Å². The number of carbonyl (C=O) groups excluding carboxylic acids is 2. The third-order valence-electron chi connectivity index (χ3n) is 3.58. The lowest BCUT2D eigenvalue weighted by molar-refractivity contribution is -0.384. The lowest BCUT2D eigenvalue weighted by Crippen LogP contribution is -2.37. The summed E-state index contributed by atoms with van der Waals surface area (Å²) in [5.74, 6) is -0.745. The first-order valence-corrected chi connectivity index (χ1v) is 9.11. The number of non-ortho nitro benzene ring substituents is 1. The molecule has 1 fully saturated rings. The smallest absolute Gasteiger partial charge is 0.269 e. The maximum atomic E-state index is 11.8. The van der Waals surface area contributed by atoms with Crippen LogP contribution in [0.1, 0.15) is 23.2 Å². The van der Waals surface area contributed by atoms with E-state index in [0.29, 0.717) is 6.42 Å². The maximum absolute atomic E-state index is 11.8. The van der Waals surface area contributed by atoms with Gasteiger partial charge in [0.15, 0.2) is 9.84 Å². The van der Waals surface area contributed by atoms with Gasteiger partial charge in [0.05, 0.1) is 16.4 Å². The Balaban J connectivity index is 1.74. The summed E-state index contributed by atoms with van der Waals surface area (Å²) >= 11 is 0. The first-order valence-electron chi connectivity index (χ1n) is 7.29. The molecule has 1 saturated heterocycles. The highest BCUT2D eigenvalue weighted by atomic mass is 32.2. The van der Waals surface area contributed by atoms with Crippen molar-refractivity contribution in [1.29, 1.82) is 0 Å². The van der Waals surface area contributed by atoms with Crippen LogP contribution in [0, 0.1) is 10.1 Å². The van der Waals surface area contributed by atoms with Gasteiger partial charge in [-0.1, -0.05) is 0 Å². The Morgan fingerprint density at radius 1 is 1.25 bits per heavy atom. The van der Waals surface area contributed by atoms with Gasteiger partial charge in [-0.15, -0.1) is 0 Å². The SMILES string of the molecule is O=C(CCNC(=O)c1ccc([N+](=O)[O-])cc1)NC1CCS(=O)(=O)C1. The lowest BCUT2D eigenvalue weighted by atomic mass is 10.2. The second-order valence-electron chi connectivity index (χ2n) is 5.48. The molecule has 1 atom stereocenters. The molecule has 2 rings (SSSR count). The molecule has 1 aliphatic rings. The molecule has 9 nitrogen and oxygen atoms in total. The Morgan fingerprint density at radius 2 is 1.92 bits per heavy atom. The topological polar surface area (TPSA) is 135 Å². The van der Waals surface area contributed by atoms with Crippen molar-refractivity contribution in [2.24, 2.45) is 0 Å². The minimum atomic E-state index is -3.05. The summed E-state index contributed by atoms with van der Waals surface area (Å²) in [6, 6.07) is 4.74. The predicted octanol–water partition coefficient (Wildman–Crippen LogP) is 0.0180. The number of amides is 2. The minimum absolute atomic E-state index is 0.0231. The van der Waals surface area contributed by atoms with Gasteiger partial charge < -0.3 is 10.6 Å². The molecule has 0 spiro atoms. The van der Waals surface area contributed by atoms with Crippen LogP contribution < -0.4 is 10.6 Å². The van der Waals surface area contributed by atoms with Crippen LogP contribution in [0.5, 0.6) is 0 Å². The number of sulfone groups is 1. The molecular formula is C14H17N3O6S. The summed E-state index contributed by atoms with van der Waals surface area (Å²) in [6.45, 7) is 0.0844. The van der Waals surface area contributed by atoms with E-state index in [0.717, 1.165) is 0 Å². The lowest BCUT2D eigenvalue weighted by Gasteiger charge is -2.11. The Hall–Kier alpha value is -2.49. The fourth-order valence-electron chi connectivity index (χ4n) is 2.33. The van der Waals surface area contributed by atoms with Crippen LogP contribution in [0.25, 0.3) is 0 Å². The zero-order chi connectivity index (χ0) is 17.7. The van der Waals surface area contributed by atoms with E-state index >= 15 is 0 Å². The van der Waals surface area contributed by atoms with Gasteiger partial charge in [-0.3, -0.25) is 19.7 Å². The summed E-state index contributed by atoms with van der Waals surface area (Å²) in [4.78, 5) is 33.5. The molecule has 1 aromatic rings. The molecule has 1 aliphatic heterocycles.